The van der Waals surface area contributed by atoms with Crippen molar-refractivity contribution in [1.29, 1.82) is 10.7 Å². The number of hydrogen-bond acceptors (Lipinski definition) is 6. The van der Waals surface area contributed by atoms with E-state index in [4.69, 9.17) is 10.7 Å². The van der Waals surface area contributed by atoms with Crippen LogP contribution >= 0.6 is 0 Å². The molecule has 0 radical (unpaired) electrons. The fourth-order valence-corrected chi connectivity index (χ4v) is 2.04. The molecule has 2 rings (SSSR count). The summed E-state index contributed by atoms with van der Waals surface area (Å²) < 4.78 is 27.8. The monoisotopic (exact) mass is 349 g/mol. The van der Waals surface area contributed by atoms with Crippen LogP contribution in [0.5, 0.6) is 0 Å². The van der Waals surface area contributed by atoms with Gasteiger partial charge in [0.2, 0.25) is 0 Å². The van der Waals surface area contributed by atoms with E-state index in [0.717, 1.165) is 6.26 Å². The number of nitrogens with zero attached hydrogens (tertiary/aromatic N) is 2. The number of nitriles is 1. The summed E-state index contributed by atoms with van der Waals surface area (Å²) in [6.07, 6.45) is 2.47. The highest BCUT2D eigenvalue weighted by Gasteiger charge is 2.14. The maximum Gasteiger partial charge on any atom is 0.353 e. The summed E-state index contributed by atoms with van der Waals surface area (Å²) in [4.78, 5) is 11.7. The number of hydrogen-bond donors (Lipinski definition) is 3. The molecule has 9 nitrogen and oxygen atoms in total. The van der Waals surface area contributed by atoms with Gasteiger partial charge >= 0.3 is 16.1 Å². The number of carbonyl (C=O) groups excluding carboxylic acids is 1. The Hall–Kier alpha value is -3.32. The van der Waals surface area contributed by atoms with Crippen LogP contribution in [0, 0.1) is 16.7 Å². The van der Waals surface area contributed by atoms with Crippen LogP contribution in [0.15, 0.2) is 42.6 Å². The molecule has 24 heavy (non-hydrogen) atoms. The summed E-state index contributed by atoms with van der Waals surface area (Å²) >= 11 is 0. The van der Waals surface area contributed by atoms with E-state index in [9.17, 15) is 13.2 Å². The predicted molar refractivity (Wildman–Crippen MR) is 86.8 cm³/mol. The molecule has 0 spiro atoms. The van der Waals surface area contributed by atoms with Gasteiger partial charge in [0.1, 0.15) is 11.8 Å². The molecule has 5 N–H and O–H groups in total. The molecule has 1 heterocycles. The summed E-state index contributed by atoms with van der Waals surface area (Å²) in [5.74, 6) is -1.29. The zero-order valence-corrected chi connectivity index (χ0v) is 13.4. The van der Waals surface area contributed by atoms with Crippen LogP contribution < -0.4 is 11.5 Å². The van der Waals surface area contributed by atoms with E-state index in [1.165, 1.54) is 12.1 Å². The first kappa shape index (κ1) is 18.7. The summed E-state index contributed by atoms with van der Waals surface area (Å²) in [7, 11) is -3.86. The number of guanidine groups is 1. The predicted octanol–water partition coefficient (Wildman–Crippen LogP) is 0.304. The van der Waals surface area contributed by atoms with Crippen molar-refractivity contribution in [3.8, 4) is 11.8 Å². The Labute approximate surface area is 138 Å². The lowest BCUT2D eigenvalue weighted by atomic mass is 10.2. The lowest BCUT2D eigenvalue weighted by molar-refractivity contribution is 0.0748. The molecule has 0 bridgehead atoms. The molecule has 0 amide bonds. The molecular formula is C14H15N5O4S. The minimum absolute atomic E-state index is 0.0884. The van der Waals surface area contributed by atoms with Crippen molar-refractivity contribution in [3.63, 3.8) is 0 Å². The number of benzene rings is 1. The average Bonchev–Trinajstić information content (AvgIpc) is 2.93. The first-order chi connectivity index (χ1) is 11.1. The van der Waals surface area contributed by atoms with Crippen LogP contribution in [0.25, 0.3) is 5.69 Å². The van der Waals surface area contributed by atoms with E-state index in [0.29, 0.717) is 11.4 Å². The first-order valence-corrected chi connectivity index (χ1v) is 8.17. The molecule has 1 aromatic carbocycles. The first-order valence-electron chi connectivity index (χ1n) is 6.35. The summed E-state index contributed by atoms with van der Waals surface area (Å²) in [6, 6.07) is 11.5. The van der Waals surface area contributed by atoms with E-state index in [-0.39, 0.29) is 11.5 Å². The van der Waals surface area contributed by atoms with Crippen molar-refractivity contribution in [2.45, 2.75) is 0 Å². The highest BCUT2D eigenvalue weighted by molar-refractivity contribution is 7.86. The highest BCUT2D eigenvalue weighted by atomic mass is 32.2. The third kappa shape index (κ3) is 5.82. The van der Waals surface area contributed by atoms with Gasteiger partial charge in [0, 0.05) is 11.9 Å². The molecule has 2 aromatic rings. The Balaban J connectivity index is 0.000000648. The number of aromatic nitrogens is 1. The second-order valence-electron chi connectivity index (χ2n) is 4.46. The zero-order chi connectivity index (χ0) is 18.3. The van der Waals surface area contributed by atoms with Crippen molar-refractivity contribution in [3.05, 3.63) is 53.9 Å². The van der Waals surface area contributed by atoms with Crippen LogP contribution in [-0.2, 0) is 14.3 Å². The minimum Gasteiger partial charge on any atom is -0.370 e. The van der Waals surface area contributed by atoms with Crippen LogP contribution in [0.2, 0.25) is 0 Å². The van der Waals surface area contributed by atoms with Crippen LogP contribution in [0.1, 0.15) is 16.1 Å². The highest BCUT2D eigenvalue weighted by Crippen LogP contribution is 2.15. The SMILES string of the molecule is CS(=O)(=O)OC(=O)c1cccc(-n2cccc2C#N)c1.N=C(N)N. The van der Waals surface area contributed by atoms with Gasteiger partial charge < -0.3 is 20.2 Å². The van der Waals surface area contributed by atoms with E-state index in [2.05, 4.69) is 15.7 Å². The molecule has 0 saturated heterocycles. The minimum atomic E-state index is -3.86. The smallest absolute Gasteiger partial charge is 0.353 e. The van der Waals surface area contributed by atoms with Crippen molar-refractivity contribution in [2.75, 3.05) is 6.26 Å². The van der Waals surface area contributed by atoms with Gasteiger partial charge in [-0.3, -0.25) is 5.41 Å². The van der Waals surface area contributed by atoms with Crippen LogP contribution in [0.3, 0.4) is 0 Å². The second kappa shape index (κ2) is 7.80. The number of nitrogens with one attached hydrogen (secondary N) is 1. The molecule has 126 valence electrons. The van der Waals surface area contributed by atoms with Gasteiger partial charge in [0.15, 0.2) is 5.96 Å². The van der Waals surface area contributed by atoms with Crippen molar-refractivity contribution < 1.29 is 17.4 Å². The Morgan fingerprint density at radius 1 is 1.29 bits per heavy atom. The van der Waals surface area contributed by atoms with Crippen LogP contribution in [-0.4, -0.2) is 31.2 Å². The van der Waals surface area contributed by atoms with Gasteiger partial charge in [-0.25, -0.2) is 4.79 Å². The summed E-state index contributed by atoms with van der Waals surface area (Å²) in [5, 5.41) is 15.0. The van der Waals surface area contributed by atoms with E-state index >= 15 is 0 Å². The van der Waals surface area contributed by atoms with E-state index in [1.807, 2.05) is 6.07 Å². The number of carbonyl (C=O) groups is 1. The lowest BCUT2D eigenvalue weighted by Gasteiger charge is -2.07. The molecule has 0 atom stereocenters. The van der Waals surface area contributed by atoms with Gasteiger partial charge in [-0.05, 0) is 30.3 Å². The van der Waals surface area contributed by atoms with Crippen molar-refractivity contribution in [2.24, 2.45) is 11.5 Å². The average molecular weight is 349 g/mol. The van der Waals surface area contributed by atoms with Crippen LogP contribution in [0.4, 0.5) is 0 Å². The Morgan fingerprint density at radius 2 is 1.92 bits per heavy atom. The number of rotatable bonds is 3. The molecule has 0 aliphatic carbocycles. The molecule has 0 fully saturated rings. The van der Waals surface area contributed by atoms with Crippen molar-refractivity contribution in [1.82, 2.24) is 4.57 Å². The normalized spacial score (nSPS) is 10.0. The van der Waals surface area contributed by atoms with Gasteiger partial charge in [0.05, 0.1) is 11.8 Å². The summed E-state index contributed by atoms with van der Waals surface area (Å²) in [6.45, 7) is 0. The largest absolute Gasteiger partial charge is 0.370 e. The molecule has 10 heteroatoms. The quantitative estimate of drug-likeness (QED) is 0.407. The van der Waals surface area contributed by atoms with Gasteiger partial charge in [0.25, 0.3) is 0 Å². The topological polar surface area (TPSA) is 165 Å². The molecular weight excluding hydrogens is 334 g/mol. The van der Waals surface area contributed by atoms with Crippen molar-refractivity contribution >= 4 is 22.0 Å². The number of nitrogens with two attached hydrogens (primary N) is 2. The van der Waals surface area contributed by atoms with Gasteiger partial charge in [-0.15, -0.1) is 0 Å². The molecule has 0 aliphatic rings. The molecule has 1 aromatic heterocycles. The second-order valence-corrected chi connectivity index (χ2v) is 6.03. The lowest BCUT2D eigenvalue weighted by Crippen LogP contribution is -2.20. The maximum atomic E-state index is 11.7. The molecule has 0 aliphatic heterocycles. The Kier molecular flexibility index (Phi) is 6.08. The third-order valence-corrected chi connectivity index (χ3v) is 2.90. The van der Waals surface area contributed by atoms with E-state index < -0.39 is 16.1 Å². The Morgan fingerprint density at radius 3 is 2.46 bits per heavy atom. The third-order valence-electron chi connectivity index (χ3n) is 2.45. The van der Waals surface area contributed by atoms with Gasteiger partial charge in [-0.2, -0.15) is 13.7 Å². The Bertz CT molecular complexity index is 892. The zero-order valence-electron chi connectivity index (χ0n) is 12.6. The summed E-state index contributed by atoms with van der Waals surface area (Å²) in [5.41, 5.74) is 10.00. The fourth-order valence-electron chi connectivity index (χ4n) is 1.67. The standard InChI is InChI=1S/C13H10N2O4S.CH5N3/c1-20(17,18)19-13(16)10-4-2-5-11(8-10)15-7-3-6-12(15)9-14;2-1(3)4/h2-8H,1H3;(H5,2,3,4). The fraction of sp³-hybridized carbons (Fsp3) is 0.0714. The molecule has 0 saturated carbocycles. The van der Waals surface area contributed by atoms with Gasteiger partial charge in [-0.1, -0.05) is 6.07 Å². The van der Waals surface area contributed by atoms with E-state index in [1.54, 1.807) is 35.0 Å². The maximum absolute atomic E-state index is 11.7. The molecule has 0 unspecified atom stereocenters.